The van der Waals surface area contributed by atoms with Crippen molar-refractivity contribution in [3.63, 3.8) is 0 Å². The predicted molar refractivity (Wildman–Crippen MR) is 74.8 cm³/mol. The van der Waals surface area contributed by atoms with Gasteiger partial charge < -0.3 is 9.52 Å². The van der Waals surface area contributed by atoms with Gasteiger partial charge in [-0.1, -0.05) is 18.2 Å². The molecule has 1 atom stereocenters. The molecule has 0 aliphatic carbocycles. The molecule has 0 radical (unpaired) electrons. The Kier molecular flexibility index (Phi) is 3.05. The summed E-state index contributed by atoms with van der Waals surface area (Å²) in [5.41, 5.74) is 1.03. The number of nitrogens with zero attached hydrogens (tertiary/aromatic N) is 1. The second kappa shape index (κ2) is 4.86. The summed E-state index contributed by atoms with van der Waals surface area (Å²) >= 11 is 0. The van der Waals surface area contributed by atoms with E-state index in [1.807, 2.05) is 36.5 Å². The zero-order valence-corrected chi connectivity index (χ0v) is 10.7. The van der Waals surface area contributed by atoms with Crippen molar-refractivity contribution in [3.8, 4) is 11.3 Å². The van der Waals surface area contributed by atoms with E-state index in [0.29, 0.717) is 6.42 Å². The molecule has 0 aliphatic rings. The summed E-state index contributed by atoms with van der Waals surface area (Å²) in [6.07, 6.45) is 3.77. The zero-order chi connectivity index (χ0) is 13.2. The molecule has 1 aromatic carbocycles. The Morgan fingerprint density at radius 2 is 2.11 bits per heavy atom. The van der Waals surface area contributed by atoms with E-state index in [1.54, 1.807) is 13.1 Å². The van der Waals surface area contributed by atoms with Gasteiger partial charge in [0.25, 0.3) is 0 Å². The largest absolute Gasteiger partial charge is 0.461 e. The summed E-state index contributed by atoms with van der Waals surface area (Å²) in [5, 5.41) is 11.6. The van der Waals surface area contributed by atoms with Gasteiger partial charge in [-0.05, 0) is 30.5 Å². The molecule has 2 heterocycles. The number of pyridine rings is 1. The summed E-state index contributed by atoms with van der Waals surface area (Å²) in [4.78, 5) is 4.17. The van der Waals surface area contributed by atoms with E-state index in [-0.39, 0.29) is 0 Å². The number of hydrogen-bond acceptors (Lipinski definition) is 3. The summed E-state index contributed by atoms with van der Waals surface area (Å²) in [5.74, 6) is 1.61. The van der Waals surface area contributed by atoms with Crippen LogP contribution in [0.3, 0.4) is 0 Å². The Balaban J connectivity index is 2.06. The first kappa shape index (κ1) is 11.9. The quantitative estimate of drug-likeness (QED) is 0.778. The lowest BCUT2D eigenvalue weighted by Gasteiger charge is -2.04. The van der Waals surface area contributed by atoms with Crippen molar-refractivity contribution >= 4 is 10.8 Å². The van der Waals surface area contributed by atoms with E-state index in [4.69, 9.17) is 4.42 Å². The van der Waals surface area contributed by atoms with Gasteiger partial charge >= 0.3 is 0 Å². The Morgan fingerprint density at radius 3 is 2.95 bits per heavy atom. The maximum Gasteiger partial charge on any atom is 0.134 e. The van der Waals surface area contributed by atoms with Crippen molar-refractivity contribution < 1.29 is 9.52 Å². The van der Waals surface area contributed by atoms with Crippen LogP contribution < -0.4 is 0 Å². The van der Waals surface area contributed by atoms with E-state index in [0.717, 1.165) is 27.9 Å². The summed E-state index contributed by atoms with van der Waals surface area (Å²) in [6, 6.07) is 11.9. The van der Waals surface area contributed by atoms with Gasteiger partial charge in [0.15, 0.2) is 0 Å². The molecule has 2 aromatic heterocycles. The molecule has 0 saturated heterocycles. The Bertz CT molecular complexity index is 695. The standard InChI is InChI=1S/C16H15NO2/c1-11(18)9-13-5-6-16(19-13)14-4-2-3-12-7-8-17-10-15(12)14/h2-8,10-11,18H,9H2,1H3. The zero-order valence-electron chi connectivity index (χ0n) is 10.7. The molecule has 0 amide bonds. The molecule has 1 unspecified atom stereocenters. The smallest absolute Gasteiger partial charge is 0.134 e. The summed E-state index contributed by atoms with van der Waals surface area (Å²) in [7, 11) is 0. The molecule has 96 valence electrons. The van der Waals surface area contributed by atoms with E-state index in [1.165, 1.54) is 0 Å². The predicted octanol–water partition coefficient (Wildman–Crippen LogP) is 3.42. The number of aliphatic hydroxyl groups excluding tert-OH is 1. The molecular weight excluding hydrogens is 238 g/mol. The Hall–Kier alpha value is -2.13. The first-order valence-corrected chi connectivity index (χ1v) is 6.34. The van der Waals surface area contributed by atoms with Crippen LogP contribution in [0.5, 0.6) is 0 Å². The summed E-state index contributed by atoms with van der Waals surface area (Å²) in [6.45, 7) is 1.75. The van der Waals surface area contributed by atoms with E-state index in [9.17, 15) is 5.11 Å². The minimum absolute atomic E-state index is 0.395. The van der Waals surface area contributed by atoms with E-state index >= 15 is 0 Å². The highest BCUT2D eigenvalue weighted by atomic mass is 16.3. The fourth-order valence-corrected chi connectivity index (χ4v) is 2.25. The minimum Gasteiger partial charge on any atom is -0.461 e. The number of rotatable bonds is 3. The molecule has 0 saturated carbocycles. The van der Waals surface area contributed by atoms with Crippen LogP contribution in [0.15, 0.2) is 53.2 Å². The average Bonchev–Trinajstić information content (AvgIpc) is 2.85. The molecule has 0 spiro atoms. The molecule has 0 bridgehead atoms. The first-order valence-electron chi connectivity index (χ1n) is 6.34. The molecule has 3 nitrogen and oxygen atoms in total. The molecule has 19 heavy (non-hydrogen) atoms. The lowest BCUT2D eigenvalue weighted by molar-refractivity contribution is 0.187. The second-order valence-corrected chi connectivity index (χ2v) is 4.72. The van der Waals surface area contributed by atoms with Crippen molar-refractivity contribution in [3.05, 3.63) is 54.6 Å². The molecular formula is C16H15NO2. The summed E-state index contributed by atoms with van der Waals surface area (Å²) < 4.78 is 5.80. The topological polar surface area (TPSA) is 46.3 Å². The number of fused-ring (bicyclic) bond motifs is 1. The highest BCUT2D eigenvalue weighted by Crippen LogP contribution is 2.29. The van der Waals surface area contributed by atoms with Gasteiger partial charge in [0.1, 0.15) is 11.5 Å². The maximum atomic E-state index is 9.39. The highest BCUT2D eigenvalue weighted by molar-refractivity contribution is 5.94. The molecule has 3 heteroatoms. The first-order chi connectivity index (χ1) is 9.24. The van der Waals surface area contributed by atoms with Crippen molar-refractivity contribution in [1.29, 1.82) is 0 Å². The fourth-order valence-electron chi connectivity index (χ4n) is 2.25. The van der Waals surface area contributed by atoms with Gasteiger partial charge in [0.2, 0.25) is 0 Å². The van der Waals surface area contributed by atoms with Gasteiger partial charge in [0, 0.05) is 29.8 Å². The van der Waals surface area contributed by atoms with Crippen molar-refractivity contribution in [2.24, 2.45) is 0 Å². The van der Waals surface area contributed by atoms with E-state index in [2.05, 4.69) is 11.1 Å². The lowest BCUT2D eigenvalue weighted by atomic mass is 10.1. The van der Waals surface area contributed by atoms with Crippen molar-refractivity contribution in [1.82, 2.24) is 4.98 Å². The number of benzene rings is 1. The molecule has 3 aromatic rings. The molecule has 0 fully saturated rings. The number of furan rings is 1. The van der Waals surface area contributed by atoms with Crippen molar-refractivity contribution in [2.75, 3.05) is 0 Å². The Labute approximate surface area is 111 Å². The molecule has 1 N–H and O–H groups in total. The van der Waals surface area contributed by atoms with Crippen LogP contribution in [0.1, 0.15) is 12.7 Å². The van der Waals surface area contributed by atoms with Gasteiger partial charge in [-0.15, -0.1) is 0 Å². The SMILES string of the molecule is CC(O)Cc1ccc(-c2cccc3ccncc23)o1. The van der Waals surface area contributed by atoms with Crippen LogP contribution in [-0.2, 0) is 6.42 Å². The Morgan fingerprint density at radius 1 is 1.21 bits per heavy atom. The molecule has 0 aliphatic heterocycles. The van der Waals surface area contributed by atoms with Gasteiger partial charge in [0.05, 0.1) is 6.10 Å². The minimum atomic E-state index is -0.395. The second-order valence-electron chi connectivity index (χ2n) is 4.72. The number of aliphatic hydroxyl groups is 1. The van der Waals surface area contributed by atoms with Gasteiger partial charge in [-0.3, -0.25) is 4.98 Å². The van der Waals surface area contributed by atoms with Gasteiger partial charge in [-0.25, -0.2) is 0 Å². The van der Waals surface area contributed by atoms with Crippen LogP contribution in [0.2, 0.25) is 0 Å². The average molecular weight is 253 g/mol. The fraction of sp³-hybridized carbons (Fsp3) is 0.188. The number of aromatic nitrogens is 1. The van der Waals surface area contributed by atoms with Crippen molar-refractivity contribution in [2.45, 2.75) is 19.4 Å². The van der Waals surface area contributed by atoms with Crippen LogP contribution >= 0.6 is 0 Å². The molecule has 3 rings (SSSR count). The highest BCUT2D eigenvalue weighted by Gasteiger charge is 2.09. The van der Waals surface area contributed by atoms with E-state index < -0.39 is 6.10 Å². The third kappa shape index (κ3) is 2.37. The van der Waals surface area contributed by atoms with Crippen LogP contribution in [0.25, 0.3) is 22.1 Å². The normalized spacial score (nSPS) is 12.7. The van der Waals surface area contributed by atoms with Gasteiger partial charge in [-0.2, -0.15) is 0 Å². The van der Waals surface area contributed by atoms with Crippen LogP contribution in [-0.4, -0.2) is 16.2 Å². The van der Waals surface area contributed by atoms with Crippen LogP contribution in [0, 0.1) is 0 Å². The third-order valence-corrected chi connectivity index (χ3v) is 3.11. The maximum absolute atomic E-state index is 9.39. The monoisotopic (exact) mass is 253 g/mol. The number of hydrogen-bond donors (Lipinski definition) is 1. The van der Waals surface area contributed by atoms with Crippen LogP contribution in [0.4, 0.5) is 0 Å². The lowest BCUT2D eigenvalue weighted by Crippen LogP contribution is -2.02. The third-order valence-electron chi connectivity index (χ3n) is 3.11.